The number of hydrogen-bond donors (Lipinski definition) is 3. The molecule has 3 nitrogen and oxygen atoms in total. The summed E-state index contributed by atoms with van der Waals surface area (Å²) in [6.45, 7) is 3.78. The number of phenols is 1. The van der Waals surface area contributed by atoms with Gasteiger partial charge in [-0.15, -0.1) is 6.42 Å². The topological polar surface area (TPSA) is 60.7 Å². The first-order chi connectivity index (χ1) is 8.72. The second kappa shape index (κ2) is 38.0. The Kier molecular flexibility index (Phi) is 78.3. The van der Waals surface area contributed by atoms with Gasteiger partial charge in [-0.25, -0.2) is 12.2 Å². The molecule has 0 atom stereocenters. The number of aryl methyl sites for hydroxylation is 2. The second-order valence-electron chi connectivity index (χ2n) is 3.24. The Labute approximate surface area is 168 Å². The predicted molar refractivity (Wildman–Crippen MR) is 108 cm³/mol. The Bertz CT molecular complexity index is 332. The van der Waals surface area contributed by atoms with E-state index in [0.717, 1.165) is 31.8 Å². The molecule has 4 heteroatoms. The maximum atomic E-state index is 9.21. The molecule has 146 valence electrons. The van der Waals surface area contributed by atoms with Crippen molar-refractivity contribution in [2.24, 2.45) is 0 Å². The Balaban J connectivity index is -0.0000000254. The monoisotopic (exact) mass is 374 g/mol. The average Bonchev–Trinajstić information content (AvgIpc) is 3.00. The number of para-hydroxylation sites is 1. The summed E-state index contributed by atoms with van der Waals surface area (Å²) in [6, 6.07) is 5.72. The predicted octanol–water partition coefficient (Wildman–Crippen LogP) is 4.78. The van der Waals surface area contributed by atoms with Crippen molar-refractivity contribution in [3.05, 3.63) is 90.8 Å². The van der Waals surface area contributed by atoms with E-state index in [1.807, 2.05) is 44.2 Å². The van der Waals surface area contributed by atoms with E-state index in [-0.39, 0.29) is 58.9 Å². The molecule has 0 spiro atoms. The molecule has 0 heterocycles. The number of aromatic hydroxyl groups is 1. The molecule has 0 aromatic heterocycles. The van der Waals surface area contributed by atoms with Crippen LogP contribution in [-0.2, 0) is 21.7 Å². The fraction of sp³-hybridized carbons (Fsp3) is 0.250. The van der Waals surface area contributed by atoms with Gasteiger partial charge in [0.15, 0.2) is 0 Å². The first-order valence-corrected chi connectivity index (χ1v) is 5.58. The van der Waals surface area contributed by atoms with Crippen LogP contribution < -0.4 is 0 Å². The number of benzene rings is 1. The van der Waals surface area contributed by atoms with Crippen LogP contribution in [0.1, 0.15) is 17.5 Å². The molecule has 0 bridgehead atoms. The molecule has 1 aliphatic rings. The second-order valence-corrected chi connectivity index (χ2v) is 3.24. The minimum atomic E-state index is 0. The molecular formula is C20H38O3Ti-6. The minimum absolute atomic E-state index is 0. The van der Waals surface area contributed by atoms with Gasteiger partial charge >= 0.3 is 0 Å². The number of phenolic OH excluding ortho intramolecular Hbond substituents is 1. The van der Waals surface area contributed by atoms with Crippen LogP contribution in [0.2, 0.25) is 0 Å². The maximum absolute atomic E-state index is 9.21. The molecule has 0 amide bonds. The van der Waals surface area contributed by atoms with Crippen LogP contribution in [0.25, 0.3) is 0 Å². The van der Waals surface area contributed by atoms with Gasteiger partial charge in [0.2, 0.25) is 0 Å². The third kappa shape index (κ3) is 26.1. The molecule has 1 aromatic rings. The van der Waals surface area contributed by atoms with Gasteiger partial charge in [-0.2, -0.15) is 6.08 Å². The number of allylic oxidation sites excluding steroid dienone is 4. The van der Waals surface area contributed by atoms with Crippen LogP contribution in [0.4, 0.5) is 0 Å². The summed E-state index contributed by atoms with van der Waals surface area (Å²) in [4.78, 5) is 0. The van der Waals surface area contributed by atoms with Crippen LogP contribution >= 0.6 is 0 Å². The number of hydrogen-bond acceptors (Lipinski definition) is 3. The molecule has 0 radical (unpaired) electrons. The normalized spacial score (nSPS) is 7.75. The van der Waals surface area contributed by atoms with Gasteiger partial charge in [-0.3, -0.25) is 6.08 Å². The van der Waals surface area contributed by atoms with Crippen molar-refractivity contribution < 1.29 is 37.0 Å². The maximum Gasteiger partial charge on any atom is 0.121 e. The van der Waals surface area contributed by atoms with E-state index in [1.54, 1.807) is 0 Å². The molecule has 0 fully saturated rings. The van der Waals surface area contributed by atoms with Gasteiger partial charge in [-0.05, 0) is 25.0 Å². The molecule has 3 N–H and O–H groups in total. The van der Waals surface area contributed by atoms with E-state index < -0.39 is 0 Å². The van der Waals surface area contributed by atoms with Crippen molar-refractivity contribution >= 4 is 0 Å². The Hall–Kier alpha value is -0.866. The van der Waals surface area contributed by atoms with E-state index in [1.165, 1.54) is 0 Å². The molecule has 0 saturated heterocycles. The largest absolute Gasteiger partial charge is 0.507 e. The molecule has 0 unspecified atom stereocenters. The average molecular weight is 374 g/mol. The van der Waals surface area contributed by atoms with E-state index >= 15 is 0 Å². The standard InChI is InChI=1S/C8H10O.C5H5.2CH4O.5CH3.Ti/c1-6-4-3-5-7(2)8(6)9;1-2-4-5-3-1;2*1-2;;;;;;/h3-5,9H,1-2H3;1-3H,4H2;2*2H,1H3;5*1H3;/q;-1;;;5*-1;. The number of aliphatic hydroxyl groups is 2. The van der Waals surface area contributed by atoms with Gasteiger partial charge in [0.25, 0.3) is 0 Å². The first kappa shape index (κ1) is 49.5. The van der Waals surface area contributed by atoms with E-state index in [0.29, 0.717) is 5.75 Å². The van der Waals surface area contributed by atoms with Crippen molar-refractivity contribution in [3.63, 3.8) is 0 Å². The molecule has 1 aliphatic carbocycles. The van der Waals surface area contributed by atoms with Gasteiger partial charge in [0, 0.05) is 35.9 Å². The van der Waals surface area contributed by atoms with Gasteiger partial charge in [-0.1, -0.05) is 18.2 Å². The van der Waals surface area contributed by atoms with Crippen molar-refractivity contribution in [3.8, 4) is 5.75 Å². The van der Waals surface area contributed by atoms with Crippen LogP contribution in [0, 0.1) is 57.1 Å². The van der Waals surface area contributed by atoms with Gasteiger partial charge in [0.05, 0.1) is 0 Å². The fourth-order valence-corrected chi connectivity index (χ4v) is 1.15. The number of aliphatic hydroxyl groups excluding tert-OH is 2. The molecule has 1 aromatic carbocycles. The Morgan fingerprint density at radius 2 is 1.21 bits per heavy atom. The smallest absolute Gasteiger partial charge is 0.121 e. The minimum Gasteiger partial charge on any atom is -0.507 e. The quantitative estimate of drug-likeness (QED) is 0.452. The molecular weight excluding hydrogens is 336 g/mol. The summed E-state index contributed by atoms with van der Waals surface area (Å²) in [5.74, 6) is 0.414. The zero-order valence-electron chi connectivity index (χ0n) is 17.0. The summed E-state index contributed by atoms with van der Waals surface area (Å²) in [5, 5.41) is 23.2. The van der Waals surface area contributed by atoms with E-state index in [4.69, 9.17) is 10.2 Å². The van der Waals surface area contributed by atoms with Crippen LogP contribution in [-0.4, -0.2) is 29.5 Å². The SMILES string of the molecule is CO.CO.Cc1cccc(C)c1O.[C-]1=CC=CC1.[CH3-].[CH3-].[CH3-].[CH3-].[CH3-].[Ti]. The molecule has 24 heavy (non-hydrogen) atoms. The van der Waals surface area contributed by atoms with E-state index in [2.05, 4.69) is 12.2 Å². The third-order valence-electron chi connectivity index (χ3n) is 2.03. The summed E-state index contributed by atoms with van der Waals surface area (Å²) in [7, 11) is 2.00. The Morgan fingerprint density at radius 1 is 0.833 bits per heavy atom. The fourth-order valence-electron chi connectivity index (χ4n) is 1.15. The van der Waals surface area contributed by atoms with Crippen molar-refractivity contribution in [1.29, 1.82) is 0 Å². The molecule has 2 rings (SSSR count). The van der Waals surface area contributed by atoms with Crippen LogP contribution in [0.15, 0.2) is 36.4 Å². The van der Waals surface area contributed by atoms with E-state index in [9.17, 15) is 5.11 Å². The third-order valence-corrected chi connectivity index (χ3v) is 2.03. The molecule has 0 aliphatic heterocycles. The summed E-state index contributed by atoms with van der Waals surface area (Å²) >= 11 is 0. The Morgan fingerprint density at radius 3 is 1.38 bits per heavy atom. The zero-order chi connectivity index (χ0) is 14.4. The van der Waals surface area contributed by atoms with Crippen molar-refractivity contribution in [2.45, 2.75) is 20.3 Å². The van der Waals surface area contributed by atoms with Crippen molar-refractivity contribution in [1.82, 2.24) is 0 Å². The molecule has 0 saturated carbocycles. The summed E-state index contributed by atoms with van der Waals surface area (Å²) in [6.07, 6.45) is 10.0. The number of rotatable bonds is 0. The van der Waals surface area contributed by atoms with Crippen LogP contribution in [0.3, 0.4) is 0 Å². The van der Waals surface area contributed by atoms with Crippen molar-refractivity contribution in [2.75, 3.05) is 14.2 Å². The summed E-state index contributed by atoms with van der Waals surface area (Å²) < 4.78 is 0. The zero-order valence-corrected chi connectivity index (χ0v) is 18.6. The first-order valence-electron chi connectivity index (χ1n) is 5.58. The van der Waals surface area contributed by atoms with Gasteiger partial charge in [0.1, 0.15) is 5.75 Å². The summed E-state index contributed by atoms with van der Waals surface area (Å²) in [5.41, 5.74) is 1.88. The van der Waals surface area contributed by atoms with Crippen LogP contribution in [0.5, 0.6) is 5.75 Å². The van der Waals surface area contributed by atoms with Gasteiger partial charge < -0.3 is 52.5 Å².